The fourth-order valence-electron chi connectivity index (χ4n) is 1.66. The molecule has 0 unspecified atom stereocenters. The summed E-state index contributed by atoms with van der Waals surface area (Å²) < 4.78 is 10.1. The van der Waals surface area contributed by atoms with Crippen molar-refractivity contribution in [3.63, 3.8) is 0 Å². The van der Waals surface area contributed by atoms with Crippen molar-refractivity contribution < 1.29 is 14.3 Å². The first-order valence-corrected chi connectivity index (χ1v) is 7.89. The smallest absolute Gasteiger partial charge is 0.284 e. The molecule has 21 heavy (non-hydrogen) atoms. The molecule has 1 N–H and O–H groups in total. The molecule has 1 rings (SSSR count). The Kier molecular flexibility index (Phi) is 8.88. The van der Waals surface area contributed by atoms with Crippen molar-refractivity contribution >= 4 is 22.4 Å². The van der Waals surface area contributed by atoms with Gasteiger partial charge in [-0.3, -0.25) is 4.79 Å². The number of hydrogen-bond donors (Lipinski definition) is 1. The molecule has 0 aliphatic rings. The molecule has 0 radical (unpaired) electrons. The van der Waals surface area contributed by atoms with E-state index in [9.17, 15) is 4.79 Å². The van der Waals surface area contributed by atoms with Crippen molar-refractivity contribution in [1.29, 1.82) is 0 Å². The van der Waals surface area contributed by atoms with E-state index in [0.29, 0.717) is 36.4 Å². The molecule has 0 saturated heterocycles. The van der Waals surface area contributed by atoms with Crippen molar-refractivity contribution in [3.8, 4) is 0 Å². The minimum atomic E-state index is -0.106. The van der Waals surface area contributed by atoms with E-state index in [1.165, 1.54) is 11.3 Å². The van der Waals surface area contributed by atoms with Crippen LogP contribution in [0, 0.1) is 0 Å². The average Bonchev–Trinajstić information content (AvgIpc) is 2.97. The predicted molar refractivity (Wildman–Crippen MR) is 83.0 cm³/mol. The van der Waals surface area contributed by atoms with E-state index in [1.54, 1.807) is 19.1 Å². The highest BCUT2D eigenvalue weighted by molar-refractivity contribution is 7.17. The maximum atomic E-state index is 12.4. The molecule has 1 aromatic heterocycles. The first-order valence-electron chi connectivity index (χ1n) is 7.07. The Morgan fingerprint density at radius 2 is 2.00 bits per heavy atom. The molecular formula is C13H24N4O3S. The molecule has 0 atom stereocenters. The normalized spacial score (nSPS) is 10.6. The third kappa shape index (κ3) is 6.36. The van der Waals surface area contributed by atoms with E-state index in [0.717, 1.165) is 19.4 Å². The number of carbonyl (C=O) groups excluding carboxylic acids is 1. The first-order chi connectivity index (χ1) is 10.2. The van der Waals surface area contributed by atoms with Gasteiger partial charge in [-0.2, -0.15) is 0 Å². The summed E-state index contributed by atoms with van der Waals surface area (Å²) in [5, 5.41) is 12.2. The lowest BCUT2D eigenvalue weighted by atomic mass is 10.3. The monoisotopic (exact) mass is 316 g/mol. The highest BCUT2D eigenvalue weighted by Crippen LogP contribution is 2.17. The topological polar surface area (TPSA) is 76.6 Å². The molecule has 0 fully saturated rings. The van der Waals surface area contributed by atoms with Crippen LogP contribution in [-0.2, 0) is 9.47 Å². The molecule has 0 bridgehead atoms. The lowest BCUT2D eigenvalue weighted by Crippen LogP contribution is -2.35. The van der Waals surface area contributed by atoms with Crippen LogP contribution in [0.25, 0.3) is 0 Å². The lowest BCUT2D eigenvalue weighted by molar-refractivity contribution is 0.0673. The van der Waals surface area contributed by atoms with Crippen molar-refractivity contribution in [2.45, 2.75) is 19.8 Å². The second-order valence-corrected chi connectivity index (χ2v) is 5.45. The molecule has 0 aliphatic heterocycles. The molecule has 0 aliphatic carbocycles. The van der Waals surface area contributed by atoms with Gasteiger partial charge >= 0.3 is 0 Å². The lowest BCUT2D eigenvalue weighted by Gasteiger charge is -2.20. The zero-order valence-electron chi connectivity index (χ0n) is 12.9. The number of ether oxygens (including phenoxy) is 2. The van der Waals surface area contributed by atoms with Gasteiger partial charge in [-0.1, -0.05) is 18.3 Å². The third-order valence-corrected chi connectivity index (χ3v) is 3.63. The van der Waals surface area contributed by atoms with Gasteiger partial charge in [-0.05, 0) is 12.8 Å². The van der Waals surface area contributed by atoms with Crippen LogP contribution in [0.4, 0.5) is 5.13 Å². The SMILES string of the molecule is CCCNc1nnc(C(=O)N(CCCOC)CCOC)s1. The van der Waals surface area contributed by atoms with Crippen molar-refractivity contribution in [2.24, 2.45) is 0 Å². The first kappa shape index (κ1) is 17.8. The highest BCUT2D eigenvalue weighted by Gasteiger charge is 2.19. The Bertz CT molecular complexity index is 414. The quantitative estimate of drug-likeness (QED) is 0.623. The van der Waals surface area contributed by atoms with Gasteiger partial charge in [0.25, 0.3) is 5.91 Å². The maximum absolute atomic E-state index is 12.4. The van der Waals surface area contributed by atoms with Crippen LogP contribution in [0.5, 0.6) is 0 Å². The summed E-state index contributed by atoms with van der Waals surface area (Å²) in [6.45, 7) is 5.17. The van der Waals surface area contributed by atoms with Crippen LogP contribution < -0.4 is 5.32 Å². The van der Waals surface area contributed by atoms with Crippen LogP contribution >= 0.6 is 11.3 Å². The predicted octanol–water partition coefficient (Wildman–Crippen LogP) is 1.49. The minimum absolute atomic E-state index is 0.106. The Hall–Kier alpha value is -1.25. The second kappa shape index (κ2) is 10.5. The standard InChI is InChI=1S/C13H24N4O3S/c1-4-6-14-13-16-15-11(21-13)12(18)17(8-10-20-3)7-5-9-19-2/h4-10H2,1-3H3,(H,14,16). The van der Waals surface area contributed by atoms with Gasteiger partial charge in [-0.15, -0.1) is 10.2 Å². The molecule has 0 saturated carbocycles. The van der Waals surface area contributed by atoms with Gasteiger partial charge in [0.1, 0.15) is 0 Å². The number of nitrogens with zero attached hydrogens (tertiary/aromatic N) is 3. The number of rotatable bonds is 11. The molecule has 1 amide bonds. The van der Waals surface area contributed by atoms with Crippen LogP contribution in [0.1, 0.15) is 29.6 Å². The molecule has 0 aromatic carbocycles. The van der Waals surface area contributed by atoms with Crippen molar-refractivity contribution in [3.05, 3.63) is 5.01 Å². The molecule has 1 aromatic rings. The average molecular weight is 316 g/mol. The third-order valence-electron chi connectivity index (χ3n) is 2.76. The van der Waals surface area contributed by atoms with E-state index in [1.807, 2.05) is 0 Å². The van der Waals surface area contributed by atoms with Crippen molar-refractivity contribution in [2.75, 3.05) is 52.4 Å². The van der Waals surface area contributed by atoms with E-state index in [4.69, 9.17) is 9.47 Å². The highest BCUT2D eigenvalue weighted by atomic mass is 32.1. The number of carbonyl (C=O) groups is 1. The fourth-order valence-corrected chi connectivity index (χ4v) is 2.40. The Balaban J connectivity index is 2.62. The summed E-state index contributed by atoms with van der Waals surface area (Å²) in [5.74, 6) is -0.106. The number of anilines is 1. The van der Waals surface area contributed by atoms with Crippen LogP contribution in [0.3, 0.4) is 0 Å². The Morgan fingerprint density at radius 3 is 2.67 bits per heavy atom. The number of aromatic nitrogens is 2. The maximum Gasteiger partial charge on any atom is 0.284 e. The number of methoxy groups -OCH3 is 2. The van der Waals surface area contributed by atoms with Gasteiger partial charge in [0.2, 0.25) is 10.1 Å². The molecule has 0 spiro atoms. The molecule has 8 heteroatoms. The zero-order chi connectivity index (χ0) is 15.5. The second-order valence-electron chi connectivity index (χ2n) is 4.47. The van der Waals surface area contributed by atoms with Gasteiger partial charge in [0, 0.05) is 40.5 Å². The molecule has 1 heterocycles. The van der Waals surface area contributed by atoms with Crippen LogP contribution in [0.15, 0.2) is 0 Å². The van der Waals surface area contributed by atoms with E-state index < -0.39 is 0 Å². The van der Waals surface area contributed by atoms with Gasteiger partial charge in [-0.25, -0.2) is 0 Å². The van der Waals surface area contributed by atoms with E-state index >= 15 is 0 Å². The molecule has 120 valence electrons. The van der Waals surface area contributed by atoms with Crippen molar-refractivity contribution in [1.82, 2.24) is 15.1 Å². The largest absolute Gasteiger partial charge is 0.385 e. The Morgan fingerprint density at radius 1 is 1.24 bits per heavy atom. The van der Waals surface area contributed by atoms with Gasteiger partial charge in [0.15, 0.2) is 0 Å². The minimum Gasteiger partial charge on any atom is -0.385 e. The Labute approximate surface area is 129 Å². The van der Waals surface area contributed by atoms with E-state index in [2.05, 4.69) is 22.4 Å². The summed E-state index contributed by atoms with van der Waals surface area (Å²) in [6, 6.07) is 0. The van der Waals surface area contributed by atoms with Gasteiger partial charge in [0.05, 0.1) is 6.61 Å². The zero-order valence-corrected chi connectivity index (χ0v) is 13.7. The molecule has 7 nitrogen and oxygen atoms in total. The molecular weight excluding hydrogens is 292 g/mol. The number of amides is 1. The summed E-state index contributed by atoms with van der Waals surface area (Å²) in [4.78, 5) is 14.2. The number of hydrogen-bond acceptors (Lipinski definition) is 7. The summed E-state index contributed by atoms with van der Waals surface area (Å²) in [6.07, 6.45) is 1.78. The van der Waals surface area contributed by atoms with Crippen LogP contribution in [0.2, 0.25) is 0 Å². The summed E-state index contributed by atoms with van der Waals surface area (Å²) >= 11 is 1.29. The summed E-state index contributed by atoms with van der Waals surface area (Å²) in [5.41, 5.74) is 0. The van der Waals surface area contributed by atoms with E-state index in [-0.39, 0.29) is 5.91 Å². The summed E-state index contributed by atoms with van der Waals surface area (Å²) in [7, 11) is 3.27. The van der Waals surface area contributed by atoms with Gasteiger partial charge < -0.3 is 19.7 Å². The number of nitrogens with one attached hydrogen (secondary N) is 1. The van der Waals surface area contributed by atoms with Crippen LogP contribution in [-0.4, -0.2) is 68.1 Å². The fraction of sp³-hybridized carbons (Fsp3) is 0.769.